The number of hydrogen-bond donors (Lipinski definition) is 0. The van der Waals surface area contributed by atoms with E-state index in [0.29, 0.717) is 12.6 Å². The van der Waals surface area contributed by atoms with E-state index in [9.17, 15) is 17.3 Å². The van der Waals surface area contributed by atoms with E-state index in [1.165, 1.54) is 0 Å². The van der Waals surface area contributed by atoms with Crippen LogP contribution in [0.15, 0.2) is 41.1 Å². The maximum Gasteiger partial charge on any atom is 0.673 e. The van der Waals surface area contributed by atoms with Gasteiger partial charge in [-0.15, -0.1) is 0 Å². The van der Waals surface area contributed by atoms with Gasteiger partial charge >= 0.3 is 13.2 Å². The minimum Gasteiger partial charge on any atom is -0.460 e. The minimum absolute atomic E-state index is 0.427. The fourth-order valence-corrected chi connectivity index (χ4v) is 1.14. The van der Waals surface area contributed by atoms with Crippen LogP contribution >= 0.6 is 0 Å². The summed E-state index contributed by atoms with van der Waals surface area (Å²) in [4.78, 5) is 0. The summed E-state index contributed by atoms with van der Waals surface area (Å²) in [6, 6.07) is 9.72. The topological polar surface area (TPSA) is 39.1 Å². The van der Waals surface area contributed by atoms with Crippen molar-refractivity contribution in [2.45, 2.75) is 6.92 Å². The molecule has 1 aromatic heterocycles. The molecule has 0 saturated heterocycles. The van der Waals surface area contributed by atoms with Gasteiger partial charge in [-0.2, -0.15) is 0 Å². The molecule has 0 atom stereocenters. The second-order valence-electron chi connectivity index (χ2n) is 3.23. The zero-order chi connectivity index (χ0) is 14.3. The molecule has 0 aliphatic carbocycles. The van der Waals surface area contributed by atoms with Crippen LogP contribution in [0.25, 0.3) is 5.69 Å². The molecule has 0 unspecified atom stereocenters. The van der Waals surface area contributed by atoms with Crippen LogP contribution < -0.4 is 9.42 Å². The van der Waals surface area contributed by atoms with E-state index in [0.717, 1.165) is 5.69 Å². The average Bonchev–Trinajstić information content (AvgIpc) is 2.77. The Balaban J connectivity index is 0.000000312. The molecule has 0 amide bonds. The number of hydrogen-bond acceptors (Lipinski definition) is 3. The van der Waals surface area contributed by atoms with Crippen molar-refractivity contribution >= 4 is 7.25 Å². The SMILES string of the molecule is CCOc1c[n+](-c2ccccc2)no1.F[B-](F)(F)F. The van der Waals surface area contributed by atoms with Crippen molar-refractivity contribution in [2.75, 3.05) is 6.61 Å². The Morgan fingerprint density at radius 3 is 2.32 bits per heavy atom. The summed E-state index contributed by atoms with van der Waals surface area (Å²) in [6.45, 7) is 2.47. The molecule has 0 fully saturated rings. The first-order chi connectivity index (χ1) is 8.90. The third-order valence-electron chi connectivity index (χ3n) is 1.75. The number of benzene rings is 1. The molecule has 0 aliphatic rings. The van der Waals surface area contributed by atoms with Crippen LogP contribution in [0, 0.1) is 0 Å². The summed E-state index contributed by atoms with van der Waals surface area (Å²) in [6.07, 6.45) is 1.71. The first-order valence-corrected chi connectivity index (χ1v) is 5.34. The average molecular weight is 278 g/mol. The summed E-state index contributed by atoms with van der Waals surface area (Å²) in [5.41, 5.74) is 0.946. The van der Waals surface area contributed by atoms with E-state index < -0.39 is 7.25 Å². The van der Waals surface area contributed by atoms with Crippen LogP contribution in [0.3, 0.4) is 0 Å². The Bertz CT molecular complexity index is 484. The highest BCUT2D eigenvalue weighted by molar-refractivity contribution is 6.50. The number of ether oxygens (including phenoxy) is 1. The minimum atomic E-state index is -6.00. The van der Waals surface area contributed by atoms with Gasteiger partial charge in [0.1, 0.15) is 0 Å². The lowest BCUT2D eigenvalue weighted by molar-refractivity contribution is -0.670. The van der Waals surface area contributed by atoms with Crippen LogP contribution in [-0.4, -0.2) is 19.1 Å². The van der Waals surface area contributed by atoms with Crippen LogP contribution in [0.1, 0.15) is 6.92 Å². The lowest BCUT2D eigenvalue weighted by atomic mass is 10.3. The number of para-hydroxylation sites is 1. The highest BCUT2D eigenvalue weighted by atomic mass is 19.5. The monoisotopic (exact) mass is 278 g/mol. The van der Waals surface area contributed by atoms with E-state index >= 15 is 0 Å². The Kier molecular flexibility index (Phi) is 5.34. The summed E-state index contributed by atoms with van der Waals surface area (Å²) >= 11 is 0. The molecule has 2 rings (SSSR count). The molecule has 1 aromatic carbocycles. The van der Waals surface area contributed by atoms with E-state index in [1.54, 1.807) is 10.9 Å². The van der Waals surface area contributed by atoms with Gasteiger partial charge in [0.15, 0.2) is 0 Å². The Morgan fingerprint density at radius 1 is 1.21 bits per heavy atom. The van der Waals surface area contributed by atoms with Gasteiger partial charge in [0.05, 0.1) is 6.61 Å². The maximum atomic E-state index is 9.75. The number of nitrogens with zero attached hydrogens (tertiary/aromatic N) is 2. The molecule has 0 bridgehead atoms. The molecule has 9 heteroatoms. The second kappa shape index (κ2) is 6.76. The predicted molar refractivity (Wildman–Crippen MR) is 59.4 cm³/mol. The molecule has 2 aromatic rings. The molecule has 104 valence electrons. The van der Waals surface area contributed by atoms with Crippen molar-refractivity contribution < 1.29 is 31.2 Å². The molecule has 0 saturated carbocycles. The predicted octanol–water partition coefficient (Wildman–Crippen LogP) is 2.65. The van der Waals surface area contributed by atoms with E-state index in [1.807, 2.05) is 37.3 Å². The summed E-state index contributed by atoms with van der Waals surface area (Å²) in [7, 11) is -6.00. The lowest BCUT2D eigenvalue weighted by Gasteiger charge is -1.94. The third kappa shape index (κ3) is 6.44. The normalized spacial score (nSPS) is 10.6. The van der Waals surface area contributed by atoms with Gasteiger partial charge in [-0.05, 0) is 11.6 Å². The molecule has 0 spiro atoms. The largest absolute Gasteiger partial charge is 0.673 e. The smallest absolute Gasteiger partial charge is 0.460 e. The van der Waals surface area contributed by atoms with E-state index in [4.69, 9.17) is 9.26 Å². The Labute approximate surface area is 106 Å². The zero-order valence-electron chi connectivity index (χ0n) is 9.97. The number of rotatable bonds is 3. The molecular weight excluding hydrogens is 267 g/mol. The maximum absolute atomic E-state index is 9.75. The lowest BCUT2D eigenvalue weighted by Crippen LogP contribution is -2.31. The number of aromatic nitrogens is 2. The van der Waals surface area contributed by atoms with Crippen molar-refractivity contribution in [1.29, 1.82) is 0 Å². The summed E-state index contributed by atoms with van der Waals surface area (Å²) < 4.78 is 50.7. The highest BCUT2D eigenvalue weighted by Crippen LogP contribution is 2.07. The quantitative estimate of drug-likeness (QED) is 0.492. The first-order valence-electron chi connectivity index (χ1n) is 5.34. The van der Waals surface area contributed by atoms with Gasteiger partial charge in [-0.25, -0.2) is 0 Å². The van der Waals surface area contributed by atoms with Gasteiger partial charge in [-0.1, -0.05) is 18.2 Å². The fraction of sp³-hybridized carbons (Fsp3) is 0.200. The fourth-order valence-electron chi connectivity index (χ4n) is 1.14. The molecule has 19 heavy (non-hydrogen) atoms. The molecule has 1 heterocycles. The molecule has 0 N–H and O–H groups in total. The van der Waals surface area contributed by atoms with E-state index in [-0.39, 0.29) is 0 Å². The van der Waals surface area contributed by atoms with Crippen LogP contribution in [0.4, 0.5) is 17.3 Å². The van der Waals surface area contributed by atoms with Crippen LogP contribution in [0.5, 0.6) is 5.95 Å². The van der Waals surface area contributed by atoms with Crippen LogP contribution in [0.2, 0.25) is 0 Å². The first kappa shape index (κ1) is 15.0. The van der Waals surface area contributed by atoms with Crippen molar-refractivity contribution in [3.8, 4) is 11.6 Å². The standard InChI is InChI=1S/C10H11N2O2.BF4/c1-2-13-10-8-12(11-14-10)9-6-4-3-5-7-9;2-1(3,4)5/h3-8H,2H2,1H3;/q+1;-1. The van der Waals surface area contributed by atoms with Crippen molar-refractivity contribution in [1.82, 2.24) is 5.27 Å². The Hall–Kier alpha value is -2.06. The summed E-state index contributed by atoms with van der Waals surface area (Å²) in [5, 5.41) is 3.82. The van der Waals surface area contributed by atoms with Gasteiger partial charge in [0.25, 0.3) is 6.20 Å². The molecule has 4 nitrogen and oxygen atoms in total. The molecule has 0 aliphatic heterocycles. The Morgan fingerprint density at radius 2 is 1.79 bits per heavy atom. The third-order valence-corrected chi connectivity index (χ3v) is 1.75. The summed E-state index contributed by atoms with van der Waals surface area (Å²) in [5.74, 6) is 0.427. The van der Waals surface area contributed by atoms with Gasteiger partial charge in [-0.3, -0.25) is 4.52 Å². The zero-order valence-corrected chi connectivity index (χ0v) is 9.97. The second-order valence-corrected chi connectivity index (χ2v) is 3.23. The van der Waals surface area contributed by atoms with Crippen molar-refractivity contribution in [3.63, 3.8) is 0 Å². The van der Waals surface area contributed by atoms with Crippen molar-refractivity contribution in [2.24, 2.45) is 0 Å². The van der Waals surface area contributed by atoms with Gasteiger partial charge < -0.3 is 22.0 Å². The molecular formula is C10H11BF4N2O2. The van der Waals surface area contributed by atoms with Gasteiger partial charge in [0, 0.05) is 12.1 Å². The number of halogens is 4. The van der Waals surface area contributed by atoms with Crippen molar-refractivity contribution in [3.05, 3.63) is 36.5 Å². The van der Waals surface area contributed by atoms with Crippen LogP contribution in [-0.2, 0) is 0 Å². The highest BCUT2D eigenvalue weighted by Gasteiger charge is 2.20. The molecule has 0 radical (unpaired) electrons. The van der Waals surface area contributed by atoms with Gasteiger partial charge in [0.2, 0.25) is 11.0 Å². The van der Waals surface area contributed by atoms with E-state index in [2.05, 4.69) is 5.27 Å².